The first-order valence-electron chi connectivity index (χ1n) is 11.2. The zero-order valence-electron chi connectivity index (χ0n) is 19.4. The largest absolute Gasteiger partial charge is 0.339 e. The average molecular weight is 469 g/mol. The second-order valence-corrected chi connectivity index (χ2v) is 11.8. The number of pyridine rings is 1. The molecule has 0 bridgehead atoms. The van der Waals surface area contributed by atoms with Crippen molar-refractivity contribution < 1.29 is 17.6 Å². The molecule has 5 nitrogen and oxygen atoms in total. The normalized spacial score (nSPS) is 15.7. The predicted molar refractivity (Wildman–Crippen MR) is 127 cm³/mol. The molecule has 33 heavy (non-hydrogen) atoms. The van der Waals surface area contributed by atoms with E-state index < -0.39 is 15.7 Å². The first-order chi connectivity index (χ1) is 15.5. The van der Waals surface area contributed by atoms with Gasteiger partial charge in [0, 0.05) is 24.7 Å². The molecule has 1 amide bonds. The minimum atomic E-state index is -4.12. The molecular weight excluding hydrogens is 439 g/mol. The number of carbonyl (C=O) groups excluding carboxylic acids is 1. The highest BCUT2D eigenvalue weighted by Crippen LogP contribution is 2.33. The number of benzene rings is 2. The summed E-state index contributed by atoms with van der Waals surface area (Å²) in [5.41, 5.74) is 1.17. The molecule has 1 aromatic heterocycles. The van der Waals surface area contributed by atoms with Crippen molar-refractivity contribution in [1.82, 2.24) is 9.88 Å². The SMILES string of the molecule is CC1CCN(C(=O)c2cnc3ccc(F)cc3c2S(=O)(=O)c2ccc(C(C)(C)C)cc2)CC1. The summed E-state index contributed by atoms with van der Waals surface area (Å²) in [5.74, 6) is -0.451. The Hall–Kier alpha value is -2.80. The van der Waals surface area contributed by atoms with Crippen LogP contribution in [0.2, 0.25) is 0 Å². The maximum absolute atomic E-state index is 14.2. The second kappa shape index (κ2) is 8.52. The number of rotatable bonds is 3. The molecule has 0 unspecified atom stereocenters. The lowest BCUT2D eigenvalue weighted by molar-refractivity contribution is 0.0693. The van der Waals surface area contributed by atoms with Crippen LogP contribution in [-0.2, 0) is 15.3 Å². The van der Waals surface area contributed by atoms with E-state index in [1.54, 1.807) is 29.2 Å². The summed E-state index contributed by atoms with van der Waals surface area (Å²) < 4.78 is 41.9. The number of sulfone groups is 1. The summed E-state index contributed by atoms with van der Waals surface area (Å²) in [5, 5.41) is 0.117. The van der Waals surface area contributed by atoms with Crippen molar-refractivity contribution in [3.05, 3.63) is 65.6 Å². The molecule has 0 saturated carbocycles. The molecule has 1 aliphatic heterocycles. The summed E-state index contributed by atoms with van der Waals surface area (Å²) in [6.45, 7) is 9.39. The maximum Gasteiger partial charge on any atom is 0.256 e. The van der Waals surface area contributed by atoms with Crippen LogP contribution in [0.1, 0.15) is 56.5 Å². The Morgan fingerprint density at radius 2 is 1.70 bits per heavy atom. The number of nitrogens with zero attached hydrogens (tertiary/aromatic N) is 2. The van der Waals surface area contributed by atoms with Crippen LogP contribution in [0.4, 0.5) is 4.39 Å². The minimum Gasteiger partial charge on any atom is -0.339 e. The Morgan fingerprint density at radius 1 is 1.06 bits per heavy atom. The summed E-state index contributed by atoms with van der Waals surface area (Å²) in [7, 11) is -4.12. The van der Waals surface area contributed by atoms with E-state index in [-0.39, 0.29) is 32.1 Å². The molecule has 0 atom stereocenters. The molecule has 7 heteroatoms. The lowest BCUT2D eigenvalue weighted by Gasteiger charge is -2.30. The molecule has 2 aromatic carbocycles. The van der Waals surface area contributed by atoms with Crippen LogP contribution in [0.25, 0.3) is 10.9 Å². The third kappa shape index (κ3) is 4.51. The lowest BCUT2D eigenvalue weighted by atomic mass is 9.87. The fourth-order valence-corrected chi connectivity index (χ4v) is 5.83. The summed E-state index contributed by atoms with van der Waals surface area (Å²) in [6, 6.07) is 10.5. The lowest BCUT2D eigenvalue weighted by Crippen LogP contribution is -2.38. The number of piperidine rings is 1. The molecule has 3 aromatic rings. The van der Waals surface area contributed by atoms with Gasteiger partial charge in [0.1, 0.15) is 5.82 Å². The third-order valence-electron chi connectivity index (χ3n) is 6.38. The number of likely N-dealkylation sites (tertiary alicyclic amines) is 1. The van der Waals surface area contributed by atoms with Crippen LogP contribution >= 0.6 is 0 Å². The molecular formula is C26H29FN2O3S. The molecule has 0 N–H and O–H groups in total. The van der Waals surface area contributed by atoms with E-state index in [1.165, 1.54) is 18.3 Å². The number of hydrogen-bond acceptors (Lipinski definition) is 4. The van der Waals surface area contributed by atoms with Gasteiger partial charge in [0.2, 0.25) is 9.84 Å². The van der Waals surface area contributed by atoms with Crippen molar-refractivity contribution in [2.75, 3.05) is 13.1 Å². The molecule has 0 spiro atoms. The fraction of sp³-hybridized carbons (Fsp3) is 0.385. The number of aromatic nitrogens is 1. The van der Waals surface area contributed by atoms with Gasteiger partial charge < -0.3 is 4.90 Å². The van der Waals surface area contributed by atoms with Gasteiger partial charge in [-0.15, -0.1) is 0 Å². The first-order valence-corrected chi connectivity index (χ1v) is 12.7. The molecule has 174 valence electrons. The zero-order chi connectivity index (χ0) is 24.0. The van der Waals surface area contributed by atoms with Crippen molar-refractivity contribution in [3.8, 4) is 0 Å². The molecule has 2 heterocycles. The monoisotopic (exact) mass is 468 g/mol. The highest BCUT2D eigenvalue weighted by molar-refractivity contribution is 7.91. The van der Waals surface area contributed by atoms with Crippen LogP contribution < -0.4 is 0 Å². The highest BCUT2D eigenvalue weighted by atomic mass is 32.2. The van der Waals surface area contributed by atoms with Gasteiger partial charge in [0.05, 0.1) is 20.9 Å². The van der Waals surface area contributed by atoms with Crippen LogP contribution in [0, 0.1) is 11.7 Å². The van der Waals surface area contributed by atoms with Crippen LogP contribution in [0.3, 0.4) is 0 Å². The number of amides is 1. The standard InChI is InChI=1S/C26H29FN2O3S/c1-17-11-13-29(14-12-17)25(30)22-16-28-23-10-7-19(27)15-21(23)24(22)33(31,32)20-8-5-18(6-9-20)26(2,3)4/h5-10,15-17H,11-14H2,1-4H3. The number of hydrogen-bond donors (Lipinski definition) is 0. The molecule has 1 fully saturated rings. The zero-order valence-corrected chi connectivity index (χ0v) is 20.2. The molecule has 0 aliphatic carbocycles. The van der Waals surface area contributed by atoms with Crippen molar-refractivity contribution in [1.29, 1.82) is 0 Å². The first kappa shape index (κ1) is 23.4. The summed E-state index contributed by atoms with van der Waals surface area (Å²) >= 11 is 0. The van der Waals surface area contributed by atoms with Crippen LogP contribution in [0.15, 0.2) is 58.5 Å². The van der Waals surface area contributed by atoms with E-state index >= 15 is 0 Å². The topological polar surface area (TPSA) is 67.3 Å². The van der Waals surface area contributed by atoms with Crippen molar-refractivity contribution >= 4 is 26.6 Å². The maximum atomic E-state index is 14.2. The van der Waals surface area contributed by atoms with Gasteiger partial charge in [0.25, 0.3) is 5.91 Å². The number of halogens is 1. The Kier molecular flexibility index (Phi) is 6.03. The smallest absolute Gasteiger partial charge is 0.256 e. The van der Waals surface area contributed by atoms with Gasteiger partial charge in [0.15, 0.2) is 0 Å². The van der Waals surface area contributed by atoms with Crippen molar-refractivity contribution in [3.63, 3.8) is 0 Å². The van der Waals surface area contributed by atoms with E-state index in [0.717, 1.165) is 24.5 Å². The Labute approximate surface area is 194 Å². The third-order valence-corrected chi connectivity index (χ3v) is 8.25. The van der Waals surface area contributed by atoms with Crippen LogP contribution in [0.5, 0.6) is 0 Å². The fourth-order valence-electron chi connectivity index (χ4n) is 4.22. The Morgan fingerprint density at radius 3 is 2.30 bits per heavy atom. The van der Waals surface area contributed by atoms with E-state index in [4.69, 9.17) is 0 Å². The van der Waals surface area contributed by atoms with Crippen LogP contribution in [-0.4, -0.2) is 37.3 Å². The quantitative estimate of drug-likeness (QED) is 0.518. The van der Waals surface area contributed by atoms with Gasteiger partial charge in [-0.3, -0.25) is 9.78 Å². The van der Waals surface area contributed by atoms with Gasteiger partial charge >= 0.3 is 0 Å². The summed E-state index contributed by atoms with van der Waals surface area (Å²) in [4.78, 5) is 19.3. The minimum absolute atomic E-state index is 0.0115. The average Bonchev–Trinajstić information content (AvgIpc) is 2.77. The van der Waals surface area contributed by atoms with E-state index in [9.17, 15) is 17.6 Å². The van der Waals surface area contributed by atoms with Crippen molar-refractivity contribution in [2.45, 2.75) is 55.7 Å². The van der Waals surface area contributed by atoms with Crippen molar-refractivity contribution in [2.24, 2.45) is 5.92 Å². The van der Waals surface area contributed by atoms with E-state index in [2.05, 4.69) is 11.9 Å². The molecule has 1 aliphatic rings. The predicted octanol–water partition coefficient (Wildman–Crippen LogP) is 5.38. The van der Waals surface area contributed by atoms with Gasteiger partial charge in [-0.1, -0.05) is 39.8 Å². The number of carbonyl (C=O) groups is 1. The molecule has 0 radical (unpaired) electrons. The Bertz CT molecular complexity index is 1300. The van der Waals surface area contributed by atoms with E-state index in [0.29, 0.717) is 24.5 Å². The Balaban J connectivity index is 1.89. The highest BCUT2D eigenvalue weighted by Gasteiger charge is 2.31. The molecule has 1 saturated heterocycles. The second-order valence-electron chi connectivity index (χ2n) is 9.92. The van der Waals surface area contributed by atoms with Gasteiger partial charge in [-0.2, -0.15) is 0 Å². The molecule has 4 rings (SSSR count). The number of fused-ring (bicyclic) bond motifs is 1. The van der Waals surface area contributed by atoms with Gasteiger partial charge in [-0.05, 0) is 60.1 Å². The summed E-state index contributed by atoms with van der Waals surface area (Å²) in [6.07, 6.45) is 3.03. The van der Waals surface area contributed by atoms with Gasteiger partial charge in [-0.25, -0.2) is 12.8 Å². The van der Waals surface area contributed by atoms with E-state index in [1.807, 2.05) is 20.8 Å².